The number of nitrogen functional groups attached to an aromatic ring is 1. The van der Waals surface area contributed by atoms with Gasteiger partial charge in [0.25, 0.3) is 0 Å². The molecule has 17 heavy (non-hydrogen) atoms. The maximum absolute atomic E-state index is 6.21. The number of anilines is 1. The molecule has 0 saturated carbocycles. The van der Waals surface area contributed by atoms with Gasteiger partial charge in [-0.1, -0.05) is 24.3 Å². The highest BCUT2D eigenvalue weighted by Gasteiger charge is 2.14. The summed E-state index contributed by atoms with van der Waals surface area (Å²) < 4.78 is 2.18. The maximum Gasteiger partial charge on any atom is 0.214 e. The first kappa shape index (κ1) is 11.4. The van der Waals surface area contributed by atoms with Gasteiger partial charge in [0.2, 0.25) is 11.0 Å². The van der Waals surface area contributed by atoms with Crippen LogP contribution in [0.4, 0.5) is 5.69 Å². The van der Waals surface area contributed by atoms with E-state index in [2.05, 4.69) is 35.9 Å². The van der Waals surface area contributed by atoms with Crippen LogP contribution in [-0.2, 0) is 7.05 Å². The van der Waals surface area contributed by atoms with E-state index in [0.717, 1.165) is 16.5 Å². The number of benzene rings is 2. The average molecular weight is 226 g/mol. The first-order valence-electron chi connectivity index (χ1n) is 5.34. The molecule has 0 amide bonds. The minimum atomic E-state index is 0. The van der Waals surface area contributed by atoms with Crippen molar-refractivity contribution in [1.29, 1.82) is 0 Å². The Morgan fingerprint density at radius 2 is 1.24 bits per heavy atom. The molecule has 0 fully saturated rings. The van der Waals surface area contributed by atoms with Crippen molar-refractivity contribution in [3.63, 3.8) is 0 Å². The Morgan fingerprint density at radius 1 is 0.824 bits per heavy atom. The third kappa shape index (κ3) is 1.52. The van der Waals surface area contributed by atoms with Crippen LogP contribution in [0.5, 0.6) is 0 Å². The van der Waals surface area contributed by atoms with Crippen LogP contribution < -0.4 is 10.3 Å². The summed E-state index contributed by atoms with van der Waals surface area (Å²) in [5.74, 6) is 0. The molecule has 3 N–H and O–H groups in total. The van der Waals surface area contributed by atoms with Crippen molar-refractivity contribution >= 4 is 27.5 Å². The lowest BCUT2D eigenvalue weighted by Gasteiger charge is -2.05. The van der Waals surface area contributed by atoms with Gasteiger partial charge in [0, 0.05) is 12.1 Å². The summed E-state index contributed by atoms with van der Waals surface area (Å²) in [6.07, 6.45) is 0. The summed E-state index contributed by atoms with van der Waals surface area (Å²) in [5.41, 5.74) is 9.41. The minimum Gasteiger partial charge on any atom is -0.870 e. The van der Waals surface area contributed by atoms with Crippen molar-refractivity contribution in [2.24, 2.45) is 7.05 Å². The van der Waals surface area contributed by atoms with Crippen LogP contribution in [0.25, 0.3) is 21.8 Å². The second kappa shape index (κ2) is 4.03. The lowest BCUT2D eigenvalue weighted by atomic mass is 10.1. The molecular weight excluding hydrogens is 212 g/mol. The Bertz CT molecular complexity index is 575. The molecule has 0 bridgehead atoms. The maximum atomic E-state index is 6.21. The van der Waals surface area contributed by atoms with E-state index in [1.165, 1.54) is 11.0 Å². The first-order chi connectivity index (χ1) is 7.79. The largest absolute Gasteiger partial charge is 0.870 e. The van der Waals surface area contributed by atoms with Gasteiger partial charge in [-0.15, -0.1) is 0 Å². The average Bonchev–Trinajstić information content (AvgIpc) is 2.36. The van der Waals surface area contributed by atoms with E-state index in [9.17, 15) is 0 Å². The number of aromatic nitrogens is 1. The van der Waals surface area contributed by atoms with Gasteiger partial charge in [-0.05, 0) is 12.1 Å². The quantitative estimate of drug-likeness (QED) is 0.472. The molecule has 0 unspecified atom stereocenters. The SMILES string of the molecule is C[n+]1c2ccccc2c(N)c2ccccc21.[OH-]. The van der Waals surface area contributed by atoms with Crippen molar-refractivity contribution in [2.45, 2.75) is 0 Å². The predicted molar refractivity (Wildman–Crippen MR) is 69.0 cm³/mol. The fourth-order valence-corrected chi connectivity index (χ4v) is 2.26. The molecule has 3 rings (SSSR count). The number of fused-ring (bicyclic) bond motifs is 2. The van der Waals surface area contributed by atoms with Crippen LogP contribution in [0, 0.1) is 0 Å². The molecule has 1 heterocycles. The van der Waals surface area contributed by atoms with Gasteiger partial charge in [-0.25, -0.2) is 0 Å². The summed E-state index contributed by atoms with van der Waals surface area (Å²) in [5, 5.41) is 2.23. The van der Waals surface area contributed by atoms with Crippen molar-refractivity contribution in [1.82, 2.24) is 0 Å². The first-order valence-corrected chi connectivity index (χ1v) is 5.34. The second-order valence-electron chi connectivity index (χ2n) is 4.01. The molecule has 0 saturated heterocycles. The number of para-hydroxylation sites is 2. The molecule has 3 nitrogen and oxygen atoms in total. The second-order valence-corrected chi connectivity index (χ2v) is 4.01. The smallest absolute Gasteiger partial charge is 0.214 e. The number of pyridine rings is 1. The lowest BCUT2D eigenvalue weighted by Crippen LogP contribution is -2.30. The van der Waals surface area contributed by atoms with Gasteiger partial charge < -0.3 is 11.2 Å². The normalized spacial score (nSPS) is 10.4. The van der Waals surface area contributed by atoms with E-state index in [4.69, 9.17) is 5.73 Å². The van der Waals surface area contributed by atoms with Crippen LogP contribution in [0.1, 0.15) is 0 Å². The van der Waals surface area contributed by atoms with Crippen molar-refractivity contribution in [3.8, 4) is 0 Å². The zero-order valence-electron chi connectivity index (χ0n) is 9.59. The van der Waals surface area contributed by atoms with Crippen molar-refractivity contribution < 1.29 is 10.0 Å². The molecule has 86 valence electrons. The monoisotopic (exact) mass is 226 g/mol. The zero-order valence-corrected chi connectivity index (χ0v) is 9.59. The molecule has 0 aliphatic heterocycles. The van der Waals surface area contributed by atoms with Gasteiger partial charge in [-0.2, -0.15) is 4.57 Å². The Morgan fingerprint density at radius 3 is 1.71 bits per heavy atom. The number of nitrogens with zero attached hydrogens (tertiary/aromatic N) is 1. The third-order valence-electron chi connectivity index (χ3n) is 3.11. The van der Waals surface area contributed by atoms with Crippen LogP contribution in [0.15, 0.2) is 48.5 Å². The van der Waals surface area contributed by atoms with Gasteiger partial charge in [0.15, 0.2) is 0 Å². The van der Waals surface area contributed by atoms with Crippen LogP contribution in [-0.4, -0.2) is 5.48 Å². The van der Waals surface area contributed by atoms with E-state index in [1.807, 2.05) is 24.3 Å². The number of aryl methyl sites for hydroxylation is 1. The van der Waals surface area contributed by atoms with E-state index >= 15 is 0 Å². The molecule has 0 radical (unpaired) electrons. The molecular formula is C14H14N2O. The van der Waals surface area contributed by atoms with E-state index in [1.54, 1.807) is 0 Å². The molecule has 1 aromatic heterocycles. The predicted octanol–water partition coefficient (Wildman–Crippen LogP) is 2.22. The highest BCUT2D eigenvalue weighted by molar-refractivity contribution is 6.03. The molecule has 0 spiro atoms. The van der Waals surface area contributed by atoms with Gasteiger partial charge >= 0.3 is 0 Å². The molecule has 0 aliphatic carbocycles. The highest BCUT2D eigenvalue weighted by Crippen LogP contribution is 2.25. The Hall–Kier alpha value is -2.13. The summed E-state index contributed by atoms with van der Waals surface area (Å²) in [6, 6.07) is 16.4. The molecule has 0 atom stereocenters. The fraction of sp³-hybridized carbons (Fsp3) is 0.0714. The Balaban J connectivity index is 0.00000108. The van der Waals surface area contributed by atoms with Crippen LogP contribution >= 0.6 is 0 Å². The van der Waals surface area contributed by atoms with Gasteiger partial charge in [0.05, 0.1) is 16.5 Å². The summed E-state index contributed by atoms with van der Waals surface area (Å²) in [4.78, 5) is 0. The Kier molecular flexibility index (Phi) is 2.69. The Labute approximate surface area is 99.4 Å². The van der Waals surface area contributed by atoms with E-state index < -0.39 is 0 Å². The van der Waals surface area contributed by atoms with Crippen molar-refractivity contribution in [2.75, 3.05) is 5.73 Å². The number of hydrogen-bond acceptors (Lipinski definition) is 2. The fourth-order valence-electron chi connectivity index (χ4n) is 2.26. The van der Waals surface area contributed by atoms with E-state index in [0.29, 0.717) is 0 Å². The number of nitrogens with two attached hydrogens (primary N) is 1. The summed E-state index contributed by atoms with van der Waals surface area (Å²) in [6.45, 7) is 0. The standard InChI is InChI=1S/C14H12N2.H2O/c1-16-12-8-4-2-6-10(12)14(15)11-7-3-5-9-13(11)16;/h2-9,15H,1H3;1H2. The highest BCUT2D eigenvalue weighted by atomic mass is 16.0. The summed E-state index contributed by atoms with van der Waals surface area (Å²) in [7, 11) is 2.07. The number of hydrogen-bond donors (Lipinski definition) is 1. The molecule has 3 heteroatoms. The minimum absolute atomic E-state index is 0. The molecule has 0 aliphatic rings. The zero-order chi connectivity index (χ0) is 11.1. The molecule has 2 aromatic carbocycles. The van der Waals surface area contributed by atoms with Crippen molar-refractivity contribution in [3.05, 3.63) is 48.5 Å². The summed E-state index contributed by atoms with van der Waals surface area (Å²) >= 11 is 0. The molecule has 3 aromatic rings. The number of rotatable bonds is 0. The third-order valence-corrected chi connectivity index (χ3v) is 3.11. The van der Waals surface area contributed by atoms with Gasteiger partial charge in [0.1, 0.15) is 7.05 Å². The van der Waals surface area contributed by atoms with Crippen LogP contribution in [0.2, 0.25) is 0 Å². The van der Waals surface area contributed by atoms with Crippen LogP contribution in [0.3, 0.4) is 0 Å². The van der Waals surface area contributed by atoms with E-state index in [-0.39, 0.29) is 5.48 Å². The lowest BCUT2D eigenvalue weighted by molar-refractivity contribution is -0.617. The van der Waals surface area contributed by atoms with Gasteiger partial charge in [-0.3, -0.25) is 0 Å². The topological polar surface area (TPSA) is 59.9 Å².